The number of thiazole rings is 1. The third kappa shape index (κ3) is 2.61. The highest BCUT2D eigenvalue weighted by molar-refractivity contribution is 7.16. The summed E-state index contributed by atoms with van der Waals surface area (Å²) in [7, 11) is 3.57. The molecule has 1 heterocycles. The van der Waals surface area contributed by atoms with Crippen LogP contribution in [-0.4, -0.2) is 17.6 Å². The van der Waals surface area contributed by atoms with Crippen LogP contribution in [0.3, 0.4) is 0 Å². The Labute approximate surface area is 155 Å². The van der Waals surface area contributed by atoms with Crippen LogP contribution in [0.2, 0.25) is 0 Å². The van der Waals surface area contributed by atoms with Gasteiger partial charge in [-0.2, -0.15) is 4.99 Å². The number of nitrogens with zero attached hydrogens (tertiary/aromatic N) is 2. The van der Waals surface area contributed by atoms with Crippen molar-refractivity contribution in [3.05, 3.63) is 70.5 Å². The monoisotopic (exact) mass is 362 g/mol. The number of amides is 1. The molecule has 0 bridgehead atoms. The Bertz CT molecular complexity index is 1210. The van der Waals surface area contributed by atoms with Crippen LogP contribution in [0.4, 0.5) is 0 Å². The average Bonchev–Trinajstić information content (AvgIpc) is 2.99. The molecule has 0 saturated carbocycles. The second-order valence-electron chi connectivity index (χ2n) is 6.15. The van der Waals surface area contributed by atoms with E-state index in [1.54, 1.807) is 7.11 Å². The van der Waals surface area contributed by atoms with Crippen molar-refractivity contribution in [3.63, 3.8) is 0 Å². The minimum Gasteiger partial charge on any atom is -0.495 e. The molecule has 4 rings (SSSR count). The lowest BCUT2D eigenvalue weighted by atomic mass is 10.0. The summed E-state index contributed by atoms with van der Waals surface area (Å²) in [6.45, 7) is 2.05. The molecule has 0 unspecified atom stereocenters. The van der Waals surface area contributed by atoms with Crippen molar-refractivity contribution in [2.24, 2.45) is 12.0 Å². The molecule has 0 radical (unpaired) electrons. The number of fused-ring (bicyclic) bond motifs is 2. The van der Waals surface area contributed by atoms with Gasteiger partial charge in [0.05, 0.1) is 11.8 Å². The van der Waals surface area contributed by atoms with Crippen molar-refractivity contribution in [2.75, 3.05) is 7.11 Å². The highest BCUT2D eigenvalue weighted by Crippen LogP contribution is 2.29. The van der Waals surface area contributed by atoms with Crippen LogP contribution >= 0.6 is 11.3 Å². The van der Waals surface area contributed by atoms with E-state index in [2.05, 4.69) is 11.9 Å². The molecule has 5 heteroatoms. The Morgan fingerprint density at radius 3 is 2.65 bits per heavy atom. The third-order valence-corrected chi connectivity index (χ3v) is 5.81. The lowest BCUT2D eigenvalue weighted by Gasteiger charge is -2.05. The minimum absolute atomic E-state index is 0.236. The number of rotatable bonds is 2. The van der Waals surface area contributed by atoms with E-state index in [-0.39, 0.29) is 5.91 Å². The van der Waals surface area contributed by atoms with E-state index in [1.807, 2.05) is 66.2 Å². The zero-order chi connectivity index (χ0) is 18.3. The summed E-state index contributed by atoms with van der Waals surface area (Å²) in [5, 5.41) is 1.95. The average molecular weight is 362 g/mol. The number of methoxy groups -OCH3 is 1. The van der Waals surface area contributed by atoms with Gasteiger partial charge in [-0.05, 0) is 35.4 Å². The smallest absolute Gasteiger partial charge is 0.280 e. The predicted octanol–water partition coefficient (Wildman–Crippen LogP) is 4.45. The molecule has 0 spiro atoms. The number of ether oxygens (including phenoxy) is 1. The first-order valence-corrected chi connectivity index (χ1v) is 9.11. The number of carbonyl (C=O) groups is 1. The minimum atomic E-state index is -0.236. The van der Waals surface area contributed by atoms with Crippen LogP contribution in [0.5, 0.6) is 5.75 Å². The van der Waals surface area contributed by atoms with Gasteiger partial charge in [0.25, 0.3) is 5.91 Å². The summed E-state index contributed by atoms with van der Waals surface area (Å²) in [5.74, 6) is 0.545. The van der Waals surface area contributed by atoms with Gasteiger partial charge in [-0.1, -0.05) is 53.8 Å². The summed E-state index contributed by atoms with van der Waals surface area (Å²) in [4.78, 5) is 18.0. The van der Waals surface area contributed by atoms with E-state index < -0.39 is 0 Å². The molecule has 130 valence electrons. The van der Waals surface area contributed by atoms with E-state index in [9.17, 15) is 4.79 Å². The molecular formula is C21H18N2O2S. The van der Waals surface area contributed by atoms with E-state index in [1.165, 1.54) is 11.3 Å². The van der Waals surface area contributed by atoms with E-state index in [0.717, 1.165) is 32.3 Å². The number of aromatic nitrogens is 1. The SMILES string of the molecule is COc1ccc(C)c2sc(=NC(=O)c3cccc4ccccc34)n(C)c12. The molecule has 0 aliphatic carbocycles. The summed E-state index contributed by atoms with van der Waals surface area (Å²) in [5.41, 5.74) is 2.71. The van der Waals surface area contributed by atoms with Gasteiger partial charge >= 0.3 is 0 Å². The number of aryl methyl sites for hydroxylation is 2. The molecule has 0 fully saturated rings. The maximum Gasteiger partial charge on any atom is 0.280 e. The first-order chi connectivity index (χ1) is 12.6. The van der Waals surface area contributed by atoms with Crippen molar-refractivity contribution in [1.29, 1.82) is 0 Å². The number of carbonyl (C=O) groups excluding carboxylic acids is 1. The highest BCUT2D eigenvalue weighted by Gasteiger charge is 2.13. The van der Waals surface area contributed by atoms with E-state index in [4.69, 9.17) is 4.74 Å². The molecular weight excluding hydrogens is 344 g/mol. The molecule has 0 aliphatic heterocycles. The summed E-state index contributed by atoms with van der Waals surface area (Å²) >= 11 is 1.50. The van der Waals surface area contributed by atoms with Crippen molar-refractivity contribution in [3.8, 4) is 5.75 Å². The second-order valence-corrected chi connectivity index (χ2v) is 7.13. The first-order valence-electron chi connectivity index (χ1n) is 8.30. The number of benzene rings is 3. The Morgan fingerprint density at radius 1 is 1.08 bits per heavy atom. The van der Waals surface area contributed by atoms with Crippen molar-refractivity contribution >= 4 is 38.2 Å². The van der Waals surface area contributed by atoms with Crippen LogP contribution in [-0.2, 0) is 7.05 Å². The van der Waals surface area contributed by atoms with Crippen LogP contribution in [0, 0.1) is 6.92 Å². The van der Waals surface area contributed by atoms with E-state index in [0.29, 0.717) is 10.4 Å². The Hall–Kier alpha value is -2.92. The number of hydrogen-bond donors (Lipinski definition) is 0. The molecule has 26 heavy (non-hydrogen) atoms. The van der Waals surface area contributed by atoms with Gasteiger partial charge in [0.2, 0.25) is 0 Å². The van der Waals surface area contributed by atoms with Gasteiger partial charge in [0.1, 0.15) is 11.3 Å². The maximum absolute atomic E-state index is 12.9. The van der Waals surface area contributed by atoms with Crippen molar-refractivity contribution in [1.82, 2.24) is 4.57 Å². The van der Waals surface area contributed by atoms with Gasteiger partial charge in [0, 0.05) is 12.6 Å². The molecule has 0 atom stereocenters. The third-order valence-electron chi connectivity index (χ3n) is 4.54. The molecule has 4 aromatic rings. The standard InChI is InChI=1S/C21H18N2O2S/c1-13-11-12-17(25-3)18-19(13)26-21(23(18)2)22-20(24)16-10-6-8-14-7-4-5-9-15(14)16/h4-12H,1-3H3. The largest absolute Gasteiger partial charge is 0.495 e. The molecule has 3 aromatic carbocycles. The Kier molecular flexibility index (Phi) is 4.09. The topological polar surface area (TPSA) is 43.6 Å². The zero-order valence-electron chi connectivity index (χ0n) is 14.8. The molecule has 1 aromatic heterocycles. The number of hydrogen-bond acceptors (Lipinski definition) is 3. The van der Waals surface area contributed by atoms with Crippen molar-refractivity contribution < 1.29 is 9.53 Å². The van der Waals surface area contributed by atoms with Crippen LogP contribution in [0.25, 0.3) is 21.0 Å². The molecule has 1 amide bonds. The van der Waals surface area contributed by atoms with Gasteiger partial charge in [-0.15, -0.1) is 0 Å². The fourth-order valence-electron chi connectivity index (χ4n) is 3.18. The summed E-state index contributed by atoms with van der Waals surface area (Å²) in [6.07, 6.45) is 0. The molecule has 0 N–H and O–H groups in total. The van der Waals surface area contributed by atoms with Gasteiger partial charge < -0.3 is 9.30 Å². The Balaban J connectivity index is 1.92. The molecule has 4 nitrogen and oxygen atoms in total. The highest BCUT2D eigenvalue weighted by atomic mass is 32.1. The lowest BCUT2D eigenvalue weighted by molar-refractivity contribution is 0.0999. The normalized spacial score (nSPS) is 12.0. The van der Waals surface area contributed by atoms with Crippen LogP contribution in [0.15, 0.2) is 59.6 Å². The first kappa shape index (κ1) is 16.5. The maximum atomic E-state index is 12.9. The van der Waals surface area contributed by atoms with Gasteiger partial charge in [0.15, 0.2) is 4.80 Å². The Morgan fingerprint density at radius 2 is 1.85 bits per heavy atom. The second kappa shape index (κ2) is 6.42. The quantitative estimate of drug-likeness (QED) is 0.529. The lowest BCUT2D eigenvalue weighted by Crippen LogP contribution is -2.13. The van der Waals surface area contributed by atoms with Crippen molar-refractivity contribution in [2.45, 2.75) is 6.92 Å². The predicted molar refractivity (Wildman–Crippen MR) is 106 cm³/mol. The van der Waals surface area contributed by atoms with Crippen LogP contribution < -0.4 is 9.54 Å². The zero-order valence-corrected chi connectivity index (χ0v) is 15.6. The van der Waals surface area contributed by atoms with Gasteiger partial charge in [-0.25, -0.2) is 0 Å². The molecule has 0 saturated heterocycles. The summed E-state index contributed by atoms with van der Waals surface area (Å²) < 4.78 is 8.49. The summed E-state index contributed by atoms with van der Waals surface area (Å²) in [6, 6.07) is 17.5. The van der Waals surface area contributed by atoms with Crippen LogP contribution in [0.1, 0.15) is 15.9 Å². The van der Waals surface area contributed by atoms with Gasteiger partial charge in [-0.3, -0.25) is 4.79 Å². The fraction of sp³-hybridized carbons (Fsp3) is 0.143. The molecule has 0 aliphatic rings. The fourth-order valence-corrected chi connectivity index (χ4v) is 4.28. The van der Waals surface area contributed by atoms with E-state index >= 15 is 0 Å².